The molecule has 1 aliphatic rings. The molecule has 3 heteroatoms. The van der Waals surface area contributed by atoms with Crippen LogP contribution in [0.1, 0.15) is 35.9 Å². The smallest absolute Gasteiger partial charge is 0.212 e. The van der Waals surface area contributed by atoms with E-state index in [1.807, 2.05) is 6.20 Å². The van der Waals surface area contributed by atoms with E-state index in [-0.39, 0.29) is 0 Å². The molecule has 94 valence electrons. The molecule has 0 saturated carbocycles. The fraction of sp³-hybridized carbons (Fsp3) is 0.400. The van der Waals surface area contributed by atoms with Gasteiger partial charge in [0, 0.05) is 5.56 Å². The van der Waals surface area contributed by atoms with Gasteiger partial charge in [-0.3, -0.25) is 0 Å². The largest absolute Gasteiger partial charge is 0.439 e. The van der Waals surface area contributed by atoms with E-state index in [0.29, 0.717) is 6.04 Å². The molecule has 1 N–H and O–H groups in total. The summed E-state index contributed by atoms with van der Waals surface area (Å²) >= 11 is 0. The van der Waals surface area contributed by atoms with Crippen molar-refractivity contribution in [1.82, 2.24) is 10.3 Å². The van der Waals surface area contributed by atoms with Crippen LogP contribution in [0.2, 0.25) is 0 Å². The summed E-state index contributed by atoms with van der Waals surface area (Å²) in [6.45, 7) is 5.26. The lowest BCUT2D eigenvalue weighted by molar-refractivity contribution is 0.437. The second-order valence-corrected chi connectivity index (χ2v) is 5.03. The molecule has 0 amide bonds. The quantitative estimate of drug-likeness (QED) is 0.877. The second-order valence-electron chi connectivity index (χ2n) is 5.03. The summed E-state index contributed by atoms with van der Waals surface area (Å²) in [7, 11) is 0. The minimum Gasteiger partial charge on any atom is -0.439 e. The Morgan fingerprint density at radius 1 is 1.33 bits per heavy atom. The molecule has 3 nitrogen and oxygen atoms in total. The molecule has 3 rings (SSSR count). The Balaban J connectivity index is 1.94. The monoisotopic (exact) mass is 242 g/mol. The summed E-state index contributed by atoms with van der Waals surface area (Å²) in [5, 5.41) is 3.41. The van der Waals surface area contributed by atoms with Gasteiger partial charge in [0.05, 0.1) is 12.2 Å². The van der Waals surface area contributed by atoms with Crippen molar-refractivity contribution in [3.8, 4) is 11.3 Å². The van der Waals surface area contributed by atoms with E-state index < -0.39 is 0 Å². The highest BCUT2D eigenvalue weighted by Crippen LogP contribution is 2.29. The lowest BCUT2D eigenvalue weighted by Crippen LogP contribution is -2.12. The zero-order valence-electron chi connectivity index (χ0n) is 10.9. The third-order valence-corrected chi connectivity index (χ3v) is 3.54. The molecule has 2 heterocycles. The van der Waals surface area contributed by atoms with Crippen LogP contribution in [0.25, 0.3) is 11.3 Å². The first-order valence-electron chi connectivity index (χ1n) is 6.51. The van der Waals surface area contributed by atoms with Gasteiger partial charge in [0.25, 0.3) is 0 Å². The third-order valence-electron chi connectivity index (χ3n) is 3.54. The molecule has 1 unspecified atom stereocenters. The fourth-order valence-corrected chi connectivity index (χ4v) is 2.47. The predicted octanol–water partition coefficient (Wildman–Crippen LogP) is 3.38. The molecule has 1 aromatic carbocycles. The molecule has 1 atom stereocenters. The van der Waals surface area contributed by atoms with E-state index >= 15 is 0 Å². The molecule has 0 aliphatic carbocycles. The first-order chi connectivity index (χ1) is 8.74. The number of aromatic nitrogens is 1. The van der Waals surface area contributed by atoms with Crippen LogP contribution in [0.15, 0.2) is 28.8 Å². The lowest BCUT2D eigenvalue weighted by Gasteiger charge is -2.05. The molecule has 0 radical (unpaired) electrons. The summed E-state index contributed by atoms with van der Waals surface area (Å²) in [6.07, 6.45) is 4.16. The molecule has 1 aromatic heterocycles. The average Bonchev–Trinajstić information content (AvgIpc) is 3.00. The molecular weight excluding hydrogens is 224 g/mol. The highest BCUT2D eigenvalue weighted by Gasteiger charge is 2.21. The van der Waals surface area contributed by atoms with Crippen LogP contribution >= 0.6 is 0 Å². The Hall–Kier alpha value is -1.61. The highest BCUT2D eigenvalue weighted by atomic mass is 16.4. The molecule has 1 fully saturated rings. The van der Waals surface area contributed by atoms with E-state index in [9.17, 15) is 0 Å². The maximum absolute atomic E-state index is 5.92. The number of nitrogens with one attached hydrogen (secondary N) is 1. The zero-order valence-corrected chi connectivity index (χ0v) is 10.9. The standard InChI is InChI=1S/C15H18N2O/c1-10-5-6-11(2)12(8-10)14-9-17-15(18-14)13-4-3-7-16-13/h5-6,8-9,13,16H,3-4,7H2,1-2H3. The van der Waals surface area contributed by atoms with E-state index in [1.165, 1.54) is 17.5 Å². The minimum absolute atomic E-state index is 0.295. The summed E-state index contributed by atoms with van der Waals surface area (Å²) in [4.78, 5) is 4.42. The molecule has 0 spiro atoms. The molecule has 2 aromatic rings. The van der Waals surface area contributed by atoms with E-state index in [1.54, 1.807) is 0 Å². The van der Waals surface area contributed by atoms with Crippen molar-refractivity contribution in [2.75, 3.05) is 6.54 Å². The number of benzene rings is 1. The van der Waals surface area contributed by atoms with Gasteiger partial charge in [0.1, 0.15) is 0 Å². The molecular formula is C15H18N2O. The number of rotatable bonds is 2. The molecule has 18 heavy (non-hydrogen) atoms. The third kappa shape index (κ3) is 2.06. The lowest BCUT2D eigenvalue weighted by atomic mass is 10.0. The fourth-order valence-electron chi connectivity index (χ4n) is 2.47. The Labute approximate surface area is 107 Å². The number of oxazole rings is 1. The zero-order chi connectivity index (χ0) is 12.5. The van der Waals surface area contributed by atoms with Gasteiger partial charge in [-0.05, 0) is 44.9 Å². The first kappa shape index (κ1) is 11.5. The summed E-state index contributed by atoms with van der Waals surface area (Å²) < 4.78 is 5.92. The van der Waals surface area contributed by atoms with Gasteiger partial charge in [0.15, 0.2) is 5.76 Å². The SMILES string of the molecule is Cc1ccc(C)c(-c2cnc(C3CCCN3)o2)c1. The minimum atomic E-state index is 0.295. The van der Waals surface area contributed by atoms with E-state index in [2.05, 4.69) is 42.3 Å². The van der Waals surface area contributed by atoms with Crippen molar-refractivity contribution < 1.29 is 4.42 Å². The summed E-state index contributed by atoms with van der Waals surface area (Å²) in [5.74, 6) is 1.70. The van der Waals surface area contributed by atoms with Gasteiger partial charge in [-0.25, -0.2) is 4.98 Å². The van der Waals surface area contributed by atoms with Gasteiger partial charge < -0.3 is 9.73 Å². The predicted molar refractivity (Wildman–Crippen MR) is 71.4 cm³/mol. The van der Waals surface area contributed by atoms with Crippen molar-refractivity contribution >= 4 is 0 Å². The summed E-state index contributed by atoms with van der Waals surface area (Å²) in [6, 6.07) is 6.70. The van der Waals surface area contributed by atoms with Crippen LogP contribution in [0, 0.1) is 13.8 Å². The van der Waals surface area contributed by atoms with Crippen LogP contribution in [-0.2, 0) is 0 Å². The van der Waals surface area contributed by atoms with Crippen molar-refractivity contribution in [2.45, 2.75) is 32.7 Å². The van der Waals surface area contributed by atoms with Crippen LogP contribution < -0.4 is 5.32 Å². The Kier molecular flexibility index (Phi) is 2.92. The van der Waals surface area contributed by atoms with Gasteiger partial charge in [0.2, 0.25) is 5.89 Å². The number of nitrogens with zero attached hydrogens (tertiary/aromatic N) is 1. The van der Waals surface area contributed by atoms with Crippen LogP contribution in [-0.4, -0.2) is 11.5 Å². The van der Waals surface area contributed by atoms with Gasteiger partial charge >= 0.3 is 0 Å². The number of hydrogen-bond donors (Lipinski definition) is 1. The highest BCUT2D eigenvalue weighted by molar-refractivity contribution is 5.62. The van der Waals surface area contributed by atoms with Crippen LogP contribution in [0.4, 0.5) is 0 Å². The first-order valence-corrected chi connectivity index (χ1v) is 6.51. The van der Waals surface area contributed by atoms with Gasteiger partial charge in [-0.1, -0.05) is 17.7 Å². The molecule has 1 aliphatic heterocycles. The average molecular weight is 242 g/mol. The van der Waals surface area contributed by atoms with Crippen LogP contribution in [0.5, 0.6) is 0 Å². The maximum atomic E-state index is 5.92. The van der Waals surface area contributed by atoms with Crippen LogP contribution in [0.3, 0.4) is 0 Å². The van der Waals surface area contributed by atoms with E-state index in [4.69, 9.17) is 4.42 Å². The normalized spacial score (nSPS) is 19.3. The second kappa shape index (κ2) is 4.58. The Bertz CT molecular complexity index is 553. The van der Waals surface area contributed by atoms with Gasteiger partial charge in [-0.15, -0.1) is 0 Å². The van der Waals surface area contributed by atoms with Gasteiger partial charge in [-0.2, -0.15) is 0 Å². The topological polar surface area (TPSA) is 38.1 Å². The van der Waals surface area contributed by atoms with Crippen molar-refractivity contribution in [1.29, 1.82) is 0 Å². The number of aryl methyl sites for hydroxylation is 2. The Morgan fingerprint density at radius 3 is 3.00 bits per heavy atom. The van der Waals surface area contributed by atoms with Crippen molar-refractivity contribution in [3.05, 3.63) is 41.4 Å². The van der Waals surface area contributed by atoms with Crippen molar-refractivity contribution in [3.63, 3.8) is 0 Å². The molecule has 0 bridgehead atoms. The number of hydrogen-bond acceptors (Lipinski definition) is 3. The Morgan fingerprint density at radius 2 is 2.22 bits per heavy atom. The summed E-state index contributed by atoms with van der Waals surface area (Å²) in [5.41, 5.74) is 3.61. The van der Waals surface area contributed by atoms with Crippen molar-refractivity contribution in [2.24, 2.45) is 0 Å². The maximum Gasteiger partial charge on any atom is 0.212 e. The van der Waals surface area contributed by atoms with E-state index in [0.717, 1.165) is 30.2 Å². The molecule has 1 saturated heterocycles.